The third-order valence-corrected chi connectivity index (χ3v) is 7.90. The molecule has 0 radical (unpaired) electrons. The van der Waals surface area contributed by atoms with Crippen molar-refractivity contribution in [2.75, 3.05) is 11.3 Å². The van der Waals surface area contributed by atoms with Crippen molar-refractivity contribution in [2.45, 2.75) is 48.5 Å². The van der Waals surface area contributed by atoms with E-state index in [2.05, 4.69) is 15.0 Å². The average molecular weight is 528 g/mol. The minimum atomic E-state index is -3.93. The first-order chi connectivity index (χ1) is 17.8. The fourth-order valence-electron chi connectivity index (χ4n) is 4.76. The summed E-state index contributed by atoms with van der Waals surface area (Å²) in [5.41, 5.74) is 1.97. The molecule has 0 bridgehead atoms. The van der Waals surface area contributed by atoms with Crippen molar-refractivity contribution in [1.29, 1.82) is 0 Å². The van der Waals surface area contributed by atoms with E-state index in [4.69, 9.17) is 9.47 Å². The molecule has 9 nitrogen and oxygen atoms in total. The molecule has 5 rings (SSSR count). The van der Waals surface area contributed by atoms with E-state index in [0.29, 0.717) is 24.4 Å². The Kier molecular flexibility index (Phi) is 7.09. The number of amides is 1. The highest BCUT2D eigenvalue weighted by Crippen LogP contribution is 2.47. The second kappa shape index (κ2) is 10.4. The maximum atomic E-state index is 13.2. The molecule has 11 heteroatoms. The Labute approximate surface area is 213 Å². The Morgan fingerprint density at radius 2 is 1.97 bits per heavy atom. The molecule has 0 saturated carbocycles. The number of aromatic nitrogens is 1. The lowest BCUT2D eigenvalue weighted by molar-refractivity contribution is -0.142. The van der Waals surface area contributed by atoms with E-state index in [1.165, 1.54) is 12.1 Å². The molecule has 3 aromatic rings. The summed E-state index contributed by atoms with van der Waals surface area (Å²) < 4.78 is 53.3. The number of carbonyl (C=O) groups is 1. The molecule has 0 aliphatic carbocycles. The SMILES string of the molecule is O=C(C[C@H]1C[C@@H]2c3cc(NS(=O)(=O)c4ccc(F)cc4)ccc3O[C@@H]2[C@H](CO)O1)NCc1cccnc1. The van der Waals surface area contributed by atoms with Crippen LogP contribution in [0.15, 0.2) is 71.9 Å². The van der Waals surface area contributed by atoms with Gasteiger partial charge in [-0.2, -0.15) is 0 Å². The van der Waals surface area contributed by atoms with Crippen LogP contribution < -0.4 is 14.8 Å². The van der Waals surface area contributed by atoms with Crippen molar-refractivity contribution in [2.24, 2.45) is 0 Å². The van der Waals surface area contributed by atoms with E-state index in [1.54, 1.807) is 36.7 Å². The molecule has 0 spiro atoms. The van der Waals surface area contributed by atoms with Crippen molar-refractivity contribution in [1.82, 2.24) is 10.3 Å². The fraction of sp³-hybridized carbons (Fsp3) is 0.308. The van der Waals surface area contributed by atoms with Gasteiger partial charge >= 0.3 is 0 Å². The molecule has 3 N–H and O–H groups in total. The highest BCUT2D eigenvalue weighted by Gasteiger charge is 2.46. The van der Waals surface area contributed by atoms with E-state index in [-0.39, 0.29) is 29.7 Å². The number of aliphatic hydroxyl groups excluding tert-OH is 1. The highest BCUT2D eigenvalue weighted by molar-refractivity contribution is 7.92. The lowest BCUT2D eigenvalue weighted by Crippen LogP contribution is -2.47. The second-order valence-corrected chi connectivity index (χ2v) is 10.7. The van der Waals surface area contributed by atoms with Gasteiger partial charge in [0.25, 0.3) is 10.0 Å². The minimum absolute atomic E-state index is 0.0627. The second-order valence-electron chi connectivity index (χ2n) is 9.06. The van der Waals surface area contributed by atoms with Gasteiger partial charge in [0.15, 0.2) is 0 Å². The summed E-state index contributed by atoms with van der Waals surface area (Å²) in [6, 6.07) is 13.2. The third-order valence-electron chi connectivity index (χ3n) is 6.50. The molecule has 1 fully saturated rings. The number of hydrogen-bond donors (Lipinski definition) is 3. The Morgan fingerprint density at radius 1 is 1.16 bits per heavy atom. The number of nitrogens with one attached hydrogen (secondary N) is 2. The summed E-state index contributed by atoms with van der Waals surface area (Å²) >= 11 is 0. The zero-order valence-corrected chi connectivity index (χ0v) is 20.5. The van der Waals surface area contributed by atoms with Gasteiger partial charge in [0.1, 0.15) is 23.8 Å². The number of hydrogen-bond acceptors (Lipinski definition) is 7. The Morgan fingerprint density at radius 3 is 2.70 bits per heavy atom. The highest BCUT2D eigenvalue weighted by atomic mass is 32.2. The van der Waals surface area contributed by atoms with Crippen molar-refractivity contribution in [3.63, 3.8) is 0 Å². The maximum absolute atomic E-state index is 13.2. The Balaban J connectivity index is 1.29. The number of sulfonamides is 1. The molecule has 1 saturated heterocycles. The van der Waals surface area contributed by atoms with Crippen LogP contribution >= 0.6 is 0 Å². The standard InChI is InChI=1S/C26H26FN3O6S/c27-17-3-6-20(7-4-17)37(33,34)30-18-5-8-23-21(10-18)22-11-19(35-24(15-31)26(22)36-23)12-25(32)29-14-16-2-1-9-28-13-16/h1-10,13,19,22,24,26,30-31H,11-12,14-15H2,(H,29,32)/t19-,22-,24+,26+/m1/s1. The molecular weight excluding hydrogens is 501 g/mol. The first-order valence-electron chi connectivity index (χ1n) is 11.8. The largest absolute Gasteiger partial charge is 0.487 e. The number of halogens is 1. The molecule has 1 amide bonds. The molecule has 2 aromatic carbocycles. The van der Waals surface area contributed by atoms with Crippen LogP contribution in [-0.2, 0) is 26.1 Å². The zero-order chi connectivity index (χ0) is 26.0. The number of rotatable bonds is 8. The van der Waals surface area contributed by atoms with Crippen LogP contribution in [0.4, 0.5) is 10.1 Å². The topological polar surface area (TPSA) is 127 Å². The molecule has 0 unspecified atom stereocenters. The van der Waals surface area contributed by atoms with E-state index in [9.17, 15) is 22.7 Å². The Hall–Kier alpha value is -3.54. The van der Waals surface area contributed by atoms with Gasteiger partial charge in [-0.15, -0.1) is 0 Å². The van der Waals surface area contributed by atoms with Crippen molar-refractivity contribution < 1.29 is 32.2 Å². The number of carbonyl (C=O) groups excluding carboxylic acids is 1. The number of fused-ring (bicyclic) bond motifs is 3. The first-order valence-corrected chi connectivity index (χ1v) is 13.3. The lowest BCUT2D eigenvalue weighted by Gasteiger charge is -2.37. The Bertz CT molecular complexity index is 1370. The smallest absolute Gasteiger partial charge is 0.261 e. The normalized spacial score (nSPS) is 22.4. The van der Waals surface area contributed by atoms with Crippen molar-refractivity contribution in [3.8, 4) is 5.75 Å². The van der Waals surface area contributed by atoms with Crippen LogP contribution in [0.25, 0.3) is 0 Å². The summed E-state index contributed by atoms with van der Waals surface area (Å²) in [6.45, 7) is 0.0609. The van der Waals surface area contributed by atoms with Gasteiger partial charge in [0.05, 0.1) is 24.0 Å². The monoisotopic (exact) mass is 527 g/mol. The number of aliphatic hydroxyl groups is 1. The first kappa shape index (κ1) is 25.1. The van der Waals surface area contributed by atoms with Crippen LogP contribution in [0.3, 0.4) is 0 Å². The molecule has 194 valence electrons. The summed E-state index contributed by atoms with van der Waals surface area (Å²) in [6.07, 6.45) is 2.35. The molecule has 1 aromatic heterocycles. The molecule has 2 aliphatic rings. The minimum Gasteiger partial charge on any atom is -0.487 e. The predicted molar refractivity (Wildman–Crippen MR) is 132 cm³/mol. The van der Waals surface area contributed by atoms with Crippen molar-refractivity contribution in [3.05, 3.63) is 83.9 Å². The van der Waals surface area contributed by atoms with E-state index in [1.807, 2.05) is 6.07 Å². The predicted octanol–water partition coefficient (Wildman–Crippen LogP) is 2.72. The van der Waals surface area contributed by atoms with Gasteiger partial charge in [0, 0.05) is 36.1 Å². The lowest BCUT2D eigenvalue weighted by atomic mass is 9.84. The van der Waals surface area contributed by atoms with E-state index in [0.717, 1.165) is 23.3 Å². The van der Waals surface area contributed by atoms with Gasteiger partial charge in [-0.05, 0) is 60.5 Å². The maximum Gasteiger partial charge on any atom is 0.261 e. The number of ether oxygens (including phenoxy) is 2. The van der Waals surface area contributed by atoms with Gasteiger partial charge in [-0.1, -0.05) is 6.07 Å². The quantitative estimate of drug-likeness (QED) is 0.411. The van der Waals surface area contributed by atoms with Crippen LogP contribution in [0.1, 0.15) is 29.9 Å². The molecule has 3 heterocycles. The van der Waals surface area contributed by atoms with Crippen LogP contribution in [-0.4, -0.2) is 49.3 Å². The summed E-state index contributed by atoms with van der Waals surface area (Å²) in [4.78, 5) is 16.5. The summed E-state index contributed by atoms with van der Waals surface area (Å²) in [5.74, 6) is -0.349. The third kappa shape index (κ3) is 5.58. The molecule has 2 aliphatic heterocycles. The number of anilines is 1. The van der Waals surface area contributed by atoms with Gasteiger partial charge in [0.2, 0.25) is 5.91 Å². The molecule has 37 heavy (non-hydrogen) atoms. The van der Waals surface area contributed by atoms with Gasteiger partial charge in [-0.3, -0.25) is 14.5 Å². The fourth-order valence-corrected chi connectivity index (χ4v) is 5.81. The molecular formula is C26H26FN3O6S. The van der Waals surface area contributed by atoms with Crippen LogP contribution in [0.2, 0.25) is 0 Å². The number of benzene rings is 2. The average Bonchev–Trinajstić information content (AvgIpc) is 3.25. The van der Waals surface area contributed by atoms with Gasteiger partial charge in [-0.25, -0.2) is 12.8 Å². The zero-order valence-electron chi connectivity index (χ0n) is 19.7. The van der Waals surface area contributed by atoms with Crippen molar-refractivity contribution >= 4 is 21.6 Å². The van der Waals surface area contributed by atoms with Crippen LogP contribution in [0.5, 0.6) is 5.75 Å². The number of nitrogens with zero attached hydrogens (tertiary/aromatic N) is 1. The van der Waals surface area contributed by atoms with Crippen LogP contribution in [0, 0.1) is 5.82 Å². The van der Waals surface area contributed by atoms with E-state index >= 15 is 0 Å². The summed E-state index contributed by atoms with van der Waals surface area (Å²) in [7, 11) is -3.93. The summed E-state index contributed by atoms with van der Waals surface area (Å²) in [5, 5.41) is 12.8. The number of pyridine rings is 1. The van der Waals surface area contributed by atoms with E-state index < -0.39 is 34.2 Å². The molecule has 4 atom stereocenters. The van der Waals surface area contributed by atoms with Gasteiger partial charge < -0.3 is 19.9 Å².